The highest BCUT2D eigenvalue weighted by molar-refractivity contribution is 5.68. The molecule has 2 aliphatic heterocycles. The Morgan fingerprint density at radius 2 is 1.83 bits per heavy atom. The highest BCUT2D eigenvalue weighted by Gasteiger charge is 2.51. The zero-order valence-electron chi connectivity index (χ0n) is 17.5. The predicted molar refractivity (Wildman–Crippen MR) is 110 cm³/mol. The van der Waals surface area contributed by atoms with Gasteiger partial charge in [-0.25, -0.2) is 4.79 Å². The van der Waals surface area contributed by atoms with Crippen molar-refractivity contribution in [3.8, 4) is 0 Å². The van der Waals surface area contributed by atoms with Crippen LogP contribution in [-0.2, 0) is 20.8 Å². The first kappa shape index (κ1) is 20.4. The average Bonchev–Trinajstić information content (AvgIpc) is 3.30. The molecule has 3 fully saturated rings. The fraction of sp³-hybridized carbons (Fsp3) is 0.682. The minimum absolute atomic E-state index is 0.0245. The van der Waals surface area contributed by atoms with Crippen molar-refractivity contribution in [2.24, 2.45) is 0 Å². The summed E-state index contributed by atoms with van der Waals surface area (Å²) in [7, 11) is 4.09. The molecule has 0 radical (unpaired) electrons. The molecule has 160 valence electrons. The van der Waals surface area contributed by atoms with Gasteiger partial charge >= 0.3 is 6.09 Å². The highest BCUT2D eigenvalue weighted by Crippen LogP contribution is 2.28. The quantitative estimate of drug-likeness (QED) is 0.750. The normalized spacial score (nSPS) is 29.4. The first-order valence-corrected chi connectivity index (χ1v) is 10.9. The second-order valence-electron chi connectivity index (χ2n) is 8.68. The molecule has 29 heavy (non-hydrogen) atoms. The first-order chi connectivity index (χ1) is 14.1. The molecule has 0 aromatic heterocycles. The predicted octanol–water partition coefficient (Wildman–Crippen LogP) is 1.41. The molecule has 1 saturated carbocycles. The van der Waals surface area contributed by atoms with E-state index in [0.717, 1.165) is 19.4 Å². The Balaban J connectivity index is 1.23. The minimum Gasteiger partial charge on any atom is -0.441 e. The van der Waals surface area contributed by atoms with Crippen LogP contribution in [0, 0.1) is 0 Å². The monoisotopic (exact) mass is 404 g/mol. The lowest BCUT2D eigenvalue weighted by atomic mass is 9.96. The molecular formula is C22H34N3O4+. The zero-order valence-corrected chi connectivity index (χ0v) is 17.5. The third-order valence-electron chi connectivity index (χ3n) is 6.34. The molecule has 2 saturated heterocycles. The number of nitrogens with zero attached hydrogens (tertiary/aromatic N) is 1. The maximum absolute atomic E-state index is 12.3. The number of fused-ring (bicyclic) bond motifs is 1. The highest BCUT2D eigenvalue weighted by atomic mass is 16.6. The molecule has 1 amide bonds. The number of amides is 1. The van der Waals surface area contributed by atoms with Crippen molar-refractivity contribution in [3.05, 3.63) is 29.8 Å². The molecule has 3 aliphatic rings. The van der Waals surface area contributed by atoms with Crippen molar-refractivity contribution in [3.63, 3.8) is 0 Å². The summed E-state index contributed by atoms with van der Waals surface area (Å²) in [6, 6.07) is 9.07. The number of hydrogen-bond donors (Lipinski definition) is 2. The number of carbonyl (C=O) groups is 1. The smallest absolute Gasteiger partial charge is 0.407 e. The van der Waals surface area contributed by atoms with Gasteiger partial charge in [-0.1, -0.05) is 31.4 Å². The molecule has 0 bridgehead atoms. The number of alkyl carbamates (subject to hydrolysis) is 1. The van der Waals surface area contributed by atoms with Crippen LogP contribution >= 0.6 is 0 Å². The summed E-state index contributed by atoms with van der Waals surface area (Å²) >= 11 is 0. The van der Waals surface area contributed by atoms with Crippen LogP contribution in [0.2, 0.25) is 0 Å². The summed E-state index contributed by atoms with van der Waals surface area (Å²) in [5.41, 5.74) is 2.47. The molecule has 0 spiro atoms. The van der Waals surface area contributed by atoms with Crippen LogP contribution < -0.4 is 15.5 Å². The Bertz CT molecular complexity index is 675. The molecule has 1 aromatic rings. The van der Waals surface area contributed by atoms with Gasteiger partial charge in [0.05, 0.1) is 6.61 Å². The van der Waals surface area contributed by atoms with Crippen molar-refractivity contribution in [1.29, 1.82) is 0 Å². The summed E-state index contributed by atoms with van der Waals surface area (Å²) in [5.74, 6) is 0. The van der Waals surface area contributed by atoms with Crippen LogP contribution in [0.4, 0.5) is 10.5 Å². The Labute approximate surface area is 173 Å². The van der Waals surface area contributed by atoms with E-state index >= 15 is 0 Å². The number of anilines is 1. The molecule has 7 nitrogen and oxygen atoms in total. The van der Waals surface area contributed by atoms with E-state index < -0.39 is 0 Å². The Hall–Kier alpha value is -1.83. The van der Waals surface area contributed by atoms with Gasteiger partial charge in [-0.15, -0.1) is 0 Å². The van der Waals surface area contributed by atoms with Gasteiger partial charge in [0.2, 0.25) is 0 Å². The fourth-order valence-electron chi connectivity index (χ4n) is 4.60. The number of hydrogen-bond acceptors (Lipinski definition) is 5. The topological polar surface area (TPSA) is 76.6 Å². The molecule has 4 atom stereocenters. The van der Waals surface area contributed by atoms with E-state index in [1.165, 1.54) is 30.5 Å². The Morgan fingerprint density at radius 3 is 2.55 bits per heavy atom. The third kappa shape index (κ3) is 5.02. The van der Waals surface area contributed by atoms with Gasteiger partial charge in [0, 0.05) is 31.4 Å². The lowest BCUT2D eigenvalue weighted by Gasteiger charge is -2.24. The average molecular weight is 405 g/mol. The fourth-order valence-corrected chi connectivity index (χ4v) is 4.60. The van der Waals surface area contributed by atoms with Crippen LogP contribution in [0.5, 0.6) is 0 Å². The summed E-state index contributed by atoms with van der Waals surface area (Å²) in [6.07, 6.45) is 4.88. The third-order valence-corrected chi connectivity index (χ3v) is 6.34. The second-order valence-corrected chi connectivity index (χ2v) is 8.68. The number of rotatable bonds is 6. The van der Waals surface area contributed by atoms with E-state index in [-0.39, 0.29) is 36.5 Å². The van der Waals surface area contributed by atoms with E-state index in [4.69, 9.17) is 14.2 Å². The molecule has 3 N–H and O–H groups in total. The zero-order chi connectivity index (χ0) is 20.2. The number of nitrogens with one attached hydrogen (secondary N) is 1. The number of ether oxygens (including phenoxy) is 3. The van der Waals surface area contributed by atoms with Gasteiger partial charge in [0.25, 0.3) is 0 Å². The molecule has 7 heteroatoms. The van der Waals surface area contributed by atoms with E-state index in [0.29, 0.717) is 13.2 Å². The van der Waals surface area contributed by atoms with E-state index in [9.17, 15) is 4.79 Å². The Kier molecular flexibility index (Phi) is 6.57. The SMILES string of the molecule is CN(C)c1ccc(C[NH2+][C@H]2CO[C@H]3[C@@H]2OC[C@H]3OC(=O)NC2CCCCC2)cc1. The molecule has 1 aromatic carbocycles. The lowest BCUT2D eigenvalue weighted by molar-refractivity contribution is -0.707. The largest absolute Gasteiger partial charge is 0.441 e. The molecule has 0 unspecified atom stereocenters. The number of nitrogens with two attached hydrogens (primary N) is 1. The Morgan fingerprint density at radius 1 is 1.10 bits per heavy atom. The summed E-state index contributed by atoms with van der Waals surface area (Å²) in [4.78, 5) is 14.4. The van der Waals surface area contributed by atoms with Crippen LogP contribution in [0.3, 0.4) is 0 Å². The lowest BCUT2D eigenvalue weighted by Crippen LogP contribution is -2.91. The minimum atomic E-state index is -0.330. The van der Waals surface area contributed by atoms with Gasteiger partial charge in [-0.2, -0.15) is 0 Å². The van der Waals surface area contributed by atoms with Crippen molar-refractivity contribution in [1.82, 2.24) is 5.32 Å². The maximum atomic E-state index is 12.3. The van der Waals surface area contributed by atoms with Gasteiger partial charge < -0.3 is 29.7 Å². The first-order valence-electron chi connectivity index (χ1n) is 10.9. The van der Waals surface area contributed by atoms with Crippen LogP contribution in [-0.4, -0.2) is 63.8 Å². The molecular weight excluding hydrogens is 370 g/mol. The standard InChI is InChI=1S/C22H33N3O4/c1-25(2)17-10-8-15(9-11-17)12-23-18-13-27-21-19(14-28-20(18)21)29-22(26)24-16-6-4-3-5-7-16/h8-11,16,18-21,23H,3-7,12-14H2,1-2H3,(H,24,26)/p+1/t18-,19+,20+,21+/m0/s1. The summed E-state index contributed by atoms with van der Waals surface area (Å²) in [5, 5.41) is 5.29. The second kappa shape index (κ2) is 9.32. The number of benzene rings is 1. The number of quaternary nitrogens is 1. The maximum Gasteiger partial charge on any atom is 0.407 e. The van der Waals surface area contributed by atoms with Crippen LogP contribution in [0.25, 0.3) is 0 Å². The summed E-state index contributed by atoms with van der Waals surface area (Å²) in [6.45, 7) is 1.91. The summed E-state index contributed by atoms with van der Waals surface area (Å²) < 4.78 is 17.6. The van der Waals surface area contributed by atoms with Gasteiger partial charge in [-0.05, 0) is 25.0 Å². The van der Waals surface area contributed by atoms with Gasteiger partial charge in [0.15, 0.2) is 6.10 Å². The van der Waals surface area contributed by atoms with Crippen molar-refractivity contribution in [2.45, 2.75) is 69.0 Å². The molecule has 2 heterocycles. The van der Waals surface area contributed by atoms with E-state index in [1.807, 2.05) is 14.1 Å². The van der Waals surface area contributed by atoms with Gasteiger partial charge in [-0.3, -0.25) is 0 Å². The van der Waals surface area contributed by atoms with E-state index in [2.05, 4.69) is 39.8 Å². The van der Waals surface area contributed by atoms with Crippen LogP contribution in [0.1, 0.15) is 37.7 Å². The molecule has 1 aliphatic carbocycles. The van der Waals surface area contributed by atoms with Crippen molar-refractivity contribution < 1.29 is 24.3 Å². The van der Waals surface area contributed by atoms with Crippen molar-refractivity contribution in [2.75, 3.05) is 32.2 Å². The molecule has 4 rings (SSSR count). The van der Waals surface area contributed by atoms with Gasteiger partial charge in [0.1, 0.15) is 31.4 Å². The van der Waals surface area contributed by atoms with Crippen LogP contribution in [0.15, 0.2) is 24.3 Å². The van der Waals surface area contributed by atoms with E-state index in [1.54, 1.807) is 0 Å². The number of carbonyl (C=O) groups excluding carboxylic acids is 1. The van der Waals surface area contributed by atoms with Crippen molar-refractivity contribution >= 4 is 11.8 Å².